The van der Waals surface area contributed by atoms with Crippen LogP contribution in [0.4, 0.5) is 5.69 Å². The van der Waals surface area contributed by atoms with Gasteiger partial charge >= 0.3 is 0 Å². The molecule has 0 saturated heterocycles. The maximum Gasteiger partial charge on any atom is 0.277 e. The summed E-state index contributed by atoms with van der Waals surface area (Å²) in [4.78, 5) is 22.1. The van der Waals surface area contributed by atoms with Gasteiger partial charge in [-0.3, -0.25) is 14.9 Å². The molecule has 0 radical (unpaired) electrons. The normalized spacial score (nSPS) is 11.0. The number of non-ortho nitro benzene ring substituents is 1. The summed E-state index contributed by atoms with van der Waals surface area (Å²) in [6.07, 6.45) is 0.666. The summed E-state index contributed by atoms with van der Waals surface area (Å²) in [5.74, 6) is -0.0874. The molecule has 2 aromatic carbocycles. The third-order valence-corrected chi connectivity index (χ3v) is 3.86. The molecule has 0 fully saturated rings. The first-order chi connectivity index (χ1) is 12.0. The molecule has 0 aliphatic rings. The number of ether oxygens (including phenoxy) is 1. The second-order valence-electron chi connectivity index (χ2n) is 4.97. The third-order valence-electron chi connectivity index (χ3n) is 3.24. The second kappa shape index (κ2) is 8.93. The molecule has 1 amide bonds. The number of benzene rings is 2. The van der Waals surface area contributed by atoms with E-state index in [-0.39, 0.29) is 12.3 Å². The first-order valence-electron chi connectivity index (χ1n) is 7.48. The number of rotatable bonds is 7. The van der Waals surface area contributed by atoms with Crippen molar-refractivity contribution in [2.45, 2.75) is 13.3 Å². The molecule has 0 spiro atoms. The highest BCUT2D eigenvalue weighted by molar-refractivity contribution is 9.10. The lowest BCUT2D eigenvalue weighted by molar-refractivity contribution is -0.384. The first kappa shape index (κ1) is 18.6. The van der Waals surface area contributed by atoms with Gasteiger partial charge in [-0.2, -0.15) is 5.10 Å². The molecule has 0 aliphatic heterocycles. The molecular weight excluding hydrogens is 390 g/mol. The maximum absolute atomic E-state index is 11.9. The van der Waals surface area contributed by atoms with Crippen LogP contribution in [0.25, 0.3) is 0 Å². The van der Waals surface area contributed by atoms with Crippen LogP contribution in [-0.2, 0) is 4.79 Å². The smallest absolute Gasteiger partial charge is 0.277 e. The number of carbonyl (C=O) groups excluding carboxylic acids is 1. The number of hydrogen-bond acceptors (Lipinski definition) is 5. The van der Waals surface area contributed by atoms with Gasteiger partial charge in [-0.05, 0) is 34.0 Å². The van der Waals surface area contributed by atoms with Crippen molar-refractivity contribution in [3.05, 3.63) is 68.7 Å². The van der Waals surface area contributed by atoms with Gasteiger partial charge in [0.2, 0.25) is 0 Å². The Bertz CT molecular complexity index is 794. The molecule has 130 valence electrons. The average molecular weight is 406 g/mol. The molecule has 0 aromatic heterocycles. The van der Waals surface area contributed by atoms with Crippen LogP contribution >= 0.6 is 15.9 Å². The summed E-state index contributed by atoms with van der Waals surface area (Å²) in [6.45, 7) is 1.69. The van der Waals surface area contributed by atoms with Crippen molar-refractivity contribution in [2.24, 2.45) is 5.10 Å². The van der Waals surface area contributed by atoms with Crippen LogP contribution in [-0.4, -0.2) is 23.1 Å². The van der Waals surface area contributed by atoms with Crippen LogP contribution in [0.3, 0.4) is 0 Å². The minimum atomic E-state index is -0.508. The summed E-state index contributed by atoms with van der Waals surface area (Å²) in [7, 11) is 0. The number of hydrogen-bond donors (Lipinski definition) is 1. The van der Waals surface area contributed by atoms with Crippen LogP contribution in [0.1, 0.15) is 18.9 Å². The number of hydrazone groups is 1. The highest BCUT2D eigenvalue weighted by Crippen LogP contribution is 2.28. The highest BCUT2D eigenvalue weighted by Gasteiger charge is 2.11. The summed E-state index contributed by atoms with van der Waals surface area (Å²) in [5, 5.41) is 14.8. The van der Waals surface area contributed by atoms with Crippen molar-refractivity contribution in [1.82, 2.24) is 5.43 Å². The number of halogens is 1. The van der Waals surface area contributed by atoms with Gasteiger partial charge in [0.25, 0.3) is 11.6 Å². The van der Waals surface area contributed by atoms with Crippen molar-refractivity contribution in [1.29, 1.82) is 0 Å². The number of nitro benzene ring substituents is 1. The Kier molecular flexibility index (Phi) is 6.64. The Morgan fingerprint density at radius 2 is 2.00 bits per heavy atom. The molecule has 7 nitrogen and oxygen atoms in total. The molecule has 2 aromatic rings. The predicted molar refractivity (Wildman–Crippen MR) is 97.7 cm³/mol. The molecule has 0 heterocycles. The van der Waals surface area contributed by atoms with Gasteiger partial charge in [0, 0.05) is 12.1 Å². The lowest BCUT2D eigenvalue weighted by Gasteiger charge is -2.08. The van der Waals surface area contributed by atoms with Crippen molar-refractivity contribution in [2.75, 3.05) is 6.61 Å². The second-order valence-corrected chi connectivity index (χ2v) is 5.83. The lowest BCUT2D eigenvalue weighted by atomic mass is 10.1. The number of carbonyl (C=O) groups is 1. The third kappa shape index (κ3) is 5.39. The molecule has 1 N–H and O–H groups in total. The van der Waals surface area contributed by atoms with Gasteiger partial charge in [0.1, 0.15) is 5.75 Å². The zero-order valence-corrected chi connectivity index (χ0v) is 15.0. The quantitative estimate of drug-likeness (QED) is 0.431. The van der Waals surface area contributed by atoms with Gasteiger partial charge in [0.15, 0.2) is 6.61 Å². The van der Waals surface area contributed by atoms with Crippen molar-refractivity contribution in [3.63, 3.8) is 0 Å². The standard InChI is InChI=1S/C17H16BrN3O4/c1-2-15(12-6-4-3-5-7-12)19-20-17(22)11-25-16-9-8-13(21(23)24)10-14(16)18/h3-10H,2,11H2,1H3,(H,20,22)/b19-15-. The van der Waals surface area contributed by atoms with Gasteiger partial charge in [-0.15, -0.1) is 0 Å². The largest absolute Gasteiger partial charge is 0.483 e. The Balaban J connectivity index is 1.94. The minimum Gasteiger partial charge on any atom is -0.483 e. The molecule has 0 atom stereocenters. The van der Waals surface area contributed by atoms with E-state index < -0.39 is 10.8 Å². The molecule has 8 heteroatoms. The number of nitro groups is 1. The Morgan fingerprint density at radius 1 is 1.28 bits per heavy atom. The van der Waals surface area contributed by atoms with Gasteiger partial charge in [-0.1, -0.05) is 37.3 Å². The molecule has 0 aliphatic carbocycles. The van der Waals surface area contributed by atoms with Crippen molar-refractivity contribution < 1.29 is 14.5 Å². The topological polar surface area (TPSA) is 93.8 Å². The van der Waals surface area contributed by atoms with Crippen molar-refractivity contribution >= 4 is 33.2 Å². The van der Waals surface area contributed by atoms with Crippen molar-refractivity contribution in [3.8, 4) is 5.75 Å². The average Bonchev–Trinajstić information content (AvgIpc) is 2.62. The molecule has 25 heavy (non-hydrogen) atoms. The SMILES string of the molecule is CC/C(=N/NC(=O)COc1ccc([N+](=O)[O-])cc1Br)c1ccccc1. The Hall–Kier alpha value is -2.74. The number of nitrogens with zero attached hydrogens (tertiary/aromatic N) is 2. The monoisotopic (exact) mass is 405 g/mol. The van der Waals surface area contributed by atoms with Crippen LogP contribution in [0.15, 0.2) is 58.1 Å². The molecule has 2 rings (SSSR count). The molecule has 0 bridgehead atoms. The van der Waals surface area contributed by atoms with Crippen LogP contribution in [0.5, 0.6) is 5.75 Å². The van der Waals surface area contributed by atoms with Gasteiger partial charge < -0.3 is 4.74 Å². The zero-order chi connectivity index (χ0) is 18.2. The van der Waals surface area contributed by atoms with Gasteiger partial charge in [0.05, 0.1) is 15.1 Å². The fourth-order valence-electron chi connectivity index (χ4n) is 2.00. The Morgan fingerprint density at radius 3 is 2.60 bits per heavy atom. The van der Waals surface area contributed by atoms with E-state index >= 15 is 0 Å². The predicted octanol–water partition coefficient (Wildman–Crippen LogP) is 3.67. The van der Waals surface area contributed by atoms with E-state index in [4.69, 9.17) is 4.74 Å². The van der Waals surface area contributed by atoms with E-state index in [1.54, 1.807) is 0 Å². The van der Waals surface area contributed by atoms with E-state index in [2.05, 4.69) is 26.5 Å². The molecular formula is C17H16BrN3O4. The number of nitrogens with one attached hydrogen (secondary N) is 1. The van der Waals surface area contributed by atoms with E-state index in [0.717, 1.165) is 11.3 Å². The summed E-state index contributed by atoms with van der Waals surface area (Å²) >= 11 is 3.18. The minimum absolute atomic E-state index is 0.0660. The van der Waals surface area contributed by atoms with Gasteiger partial charge in [-0.25, -0.2) is 5.43 Å². The van der Waals surface area contributed by atoms with E-state index in [0.29, 0.717) is 16.6 Å². The van der Waals surface area contributed by atoms with E-state index in [9.17, 15) is 14.9 Å². The molecule has 0 saturated carbocycles. The summed E-state index contributed by atoms with van der Waals surface area (Å²) in [5.41, 5.74) is 4.08. The Labute approximate surface area is 153 Å². The number of amides is 1. The van der Waals surface area contributed by atoms with E-state index in [1.165, 1.54) is 18.2 Å². The first-order valence-corrected chi connectivity index (χ1v) is 8.28. The van der Waals surface area contributed by atoms with Crippen LogP contribution in [0.2, 0.25) is 0 Å². The fraction of sp³-hybridized carbons (Fsp3) is 0.176. The summed E-state index contributed by atoms with van der Waals surface area (Å²) < 4.78 is 5.75. The van der Waals surface area contributed by atoms with Crippen LogP contribution in [0, 0.1) is 10.1 Å². The summed E-state index contributed by atoms with van der Waals surface area (Å²) in [6, 6.07) is 13.6. The highest BCUT2D eigenvalue weighted by atomic mass is 79.9. The van der Waals surface area contributed by atoms with E-state index in [1.807, 2.05) is 37.3 Å². The zero-order valence-electron chi connectivity index (χ0n) is 13.4. The molecule has 0 unspecified atom stereocenters. The lowest BCUT2D eigenvalue weighted by Crippen LogP contribution is -2.26. The maximum atomic E-state index is 11.9. The fourth-order valence-corrected chi connectivity index (χ4v) is 2.49. The van der Waals surface area contributed by atoms with Crippen LogP contribution < -0.4 is 10.2 Å².